The summed E-state index contributed by atoms with van der Waals surface area (Å²) in [5, 5.41) is 0.733. The molecule has 3 rings (SSSR count). The summed E-state index contributed by atoms with van der Waals surface area (Å²) in [7, 11) is 1.50. The monoisotopic (exact) mass is 432 g/mol. The highest BCUT2D eigenvalue weighted by Gasteiger charge is 2.17. The summed E-state index contributed by atoms with van der Waals surface area (Å²) >= 11 is 3.40. The van der Waals surface area contributed by atoms with Crippen molar-refractivity contribution in [3.63, 3.8) is 0 Å². The van der Waals surface area contributed by atoms with E-state index in [0.29, 0.717) is 28.2 Å². The van der Waals surface area contributed by atoms with Crippen molar-refractivity contribution in [1.29, 1.82) is 0 Å². The van der Waals surface area contributed by atoms with E-state index in [0.717, 1.165) is 11.8 Å². The number of rotatable bonds is 6. The Balaban J connectivity index is 1.87. The molecule has 0 aliphatic heterocycles. The lowest BCUT2D eigenvalue weighted by atomic mass is 10.2. The third kappa shape index (κ3) is 4.31. The van der Waals surface area contributed by atoms with E-state index in [1.807, 2.05) is 6.92 Å². The zero-order valence-corrected chi connectivity index (χ0v) is 16.4. The Morgan fingerprint density at radius 1 is 1.15 bits per heavy atom. The lowest BCUT2D eigenvalue weighted by molar-refractivity contribution is 0.0734. The molecule has 0 unspecified atom stereocenters. The molecular formula is C20H17BrO6. The molecule has 0 spiro atoms. The van der Waals surface area contributed by atoms with E-state index >= 15 is 0 Å². The Labute approximate surface area is 163 Å². The number of hydrogen-bond acceptors (Lipinski definition) is 6. The normalized spacial score (nSPS) is 10.6. The van der Waals surface area contributed by atoms with E-state index in [9.17, 15) is 9.59 Å². The van der Waals surface area contributed by atoms with Gasteiger partial charge in [-0.25, -0.2) is 9.59 Å². The zero-order chi connectivity index (χ0) is 19.4. The highest BCUT2D eigenvalue weighted by Crippen LogP contribution is 2.37. The Hall–Kier alpha value is -2.80. The van der Waals surface area contributed by atoms with Crippen molar-refractivity contribution < 1.29 is 23.4 Å². The van der Waals surface area contributed by atoms with Gasteiger partial charge < -0.3 is 18.6 Å². The molecule has 0 radical (unpaired) electrons. The van der Waals surface area contributed by atoms with Gasteiger partial charge in [0.05, 0.1) is 23.8 Å². The predicted molar refractivity (Wildman–Crippen MR) is 104 cm³/mol. The summed E-state index contributed by atoms with van der Waals surface area (Å²) in [6, 6.07) is 11.0. The zero-order valence-electron chi connectivity index (χ0n) is 14.8. The van der Waals surface area contributed by atoms with Gasteiger partial charge in [0.1, 0.15) is 11.3 Å². The lowest BCUT2D eigenvalue weighted by Crippen LogP contribution is -2.10. The number of halogens is 1. The molecule has 7 heteroatoms. The number of benzene rings is 2. The maximum Gasteiger partial charge on any atom is 0.343 e. The van der Waals surface area contributed by atoms with E-state index in [1.54, 1.807) is 30.3 Å². The summed E-state index contributed by atoms with van der Waals surface area (Å²) in [5.74, 6) is 0.648. The van der Waals surface area contributed by atoms with Gasteiger partial charge in [-0.05, 0) is 52.7 Å². The minimum Gasteiger partial charge on any atom is -0.493 e. The van der Waals surface area contributed by atoms with Crippen LogP contribution in [0.3, 0.4) is 0 Å². The molecule has 0 bridgehead atoms. The van der Waals surface area contributed by atoms with Gasteiger partial charge in [-0.3, -0.25) is 0 Å². The van der Waals surface area contributed by atoms with Gasteiger partial charge in [-0.2, -0.15) is 0 Å². The van der Waals surface area contributed by atoms with Crippen LogP contribution in [0.5, 0.6) is 17.2 Å². The molecule has 6 nitrogen and oxygen atoms in total. The molecule has 2 aromatic carbocycles. The first-order chi connectivity index (χ1) is 13.0. The average Bonchev–Trinajstić information content (AvgIpc) is 2.66. The second-order valence-corrected chi connectivity index (χ2v) is 6.54. The molecule has 0 aliphatic carbocycles. The van der Waals surface area contributed by atoms with Crippen LogP contribution in [0.4, 0.5) is 0 Å². The number of fused-ring (bicyclic) bond motifs is 1. The van der Waals surface area contributed by atoms with Gasteiger partial charge >= 0.3 is 11.6 Å². The summed E-state index contributed by atoms with van der Waals surface area (Å²) in [5.41, 5.74) is 0.161. The van der Waals surface area contributed by atoms with Crippen molar-refractivity contribution in [3.05, 3.63) is 62.9 Å². The molecule has 3 aromatic rings. The van der Waals surface area contributed by atoms with Crippen LogP contribution >= 0.6 is 15.9 Å². The first kappa shape index (κ1) is 19.0. The molecule has 0 aliphatic rings. The van der Waals surface area contributed by atoms with E-state index in [1.165, 1.54) is 19.2 Å². The smallest absolute Gasteiger partial charge is 0.343 e. The standard InChI is InChI=1S/C20H17BrO6/c1-3-8-25-19-15(21)9-13(10-17(19)24-2)20(23)26-14-6-4-12-5-7-18(22)27-16(12)11-14/h4-7,9-11H,3,8H2,1-2H3. The number of hydrogen-bond donors (Lipinski definition) is 0. The first-order valence-corrected chi connectivity index (χ1v) is 9.07. The van der Waals surface area contributed by atoms with Gasteiger partial charge in [-0.1, -0.05) is 6.92 Å². The molecule has 0 saturated heterocycles. The third-order valence-corrected chi connectivity index (χ3v) is 4.31. The maximum absolute atomic E-state index is 12.5. The fourth-order valence-electron chi connectivity index (χ4n) is 2.45. The first-order valence-electron chi connectivity index (χ1n) is 8.28. The van der Waals surface area contributed by atoms with Crippen molar-refractivity contribution in [3.8, 4) is 17.2 Å². The van der Waals surface area contributed by atoms with Crippen molar-refractivity contribution in [1.82, 2.24) is 0 Å². The topological polar surface area (TPSA) is 75.0 Å². The molecule has 0 amide bonds. The maximum atomic E-state index is 12.5. The molecule has 1 heterocycles. The SMILES string of the molecule is CCCOc1c(Br)cc(C(=O)Oc2ccc3ccc(=O)oc3c2)cc1OC. The van der Waals surface area contributed by atoms with Crippen LogP contribution in [0.1, 0.15) is 23.7 Å². The van der Waals surface area contributed by atoms with Crippen molar-refractivity contribution >= 4 is 32.9 Å². The van der Waals surface area contributed by atoms with Crippen molar-refractivity contribution in [2.24, 2.45) is 0 Å². The second kappa shape index (κ2) is 8.26. The molecule has 1 aromatic heterocycles. The fraction of sp³-hybridized carbons (Fsp3) is 0.200. The van der Waals surface area contributed by atoms with E-state index < -0.39 is 11.6 Å². The fourth-order valence-corrected chi connectivity index (χ4v) is 3.01. The van der Waals surface area contributed by atoms with Crippen LogP contribution in [-0.2, 0) is 0 Å². The average molecular weight is 433 g/mol. The van der Waals surface area contributed by atoms with E-state index in [-0.39, 0.29) is 11.3 Å². The molecule has 0 fully saturated rings. The number of carbonyl (C=O) groups excluding carboxylic acids is 1. The van der Waals surface area contributed by atoms with E-state index in [4.69, 9.17) is 18.6 Å². The quantitative estimate of drug-likeness (QED) is 0.322. The molecule has 0 N–H and O–H groups in total. The largest absolute Gasteiger partial charge is 0.493 e. The highest BCUT2D eigenvalue weighted by atomic mass is 79.9. The summed E-state index contributed by atoms with van der Waals surface area (Å²) in [6.07, 6.45) is 0.845. The second-order valence-electron chi connectivity index (χ2n) is 5.68. The van der Waals surface area contributed by atoms with Crippen LogP contribution in [-0.4, -0.2) is 19.7 Å². The predicted octanol–water partition coefficient (Wildman–Crippen LogP) is 4.57. The molecular weight excluding hydrogens is 416 g/mol. The van der Waals surface area contributed by atoms with Gasteiger partial charge in [0.15, 0.2) is 11.5 Å². The van der Waals surface area contributed by atoms with Crippen LogP contribution in [0.2, 0.25) is 0 Å². The van der Waals surface area contributed by atoms with Crippen LogP contribution in [0.15, 0.2) is 56.1 Å². The van der Waals surface area contributed by atoms with Crippen molar-refractivity contribution in [2.45, 2.75) is 13.3 Å². The number of methoxy groups -OCH3 is 1. The van der Waals surface area contributed by atoms with Gasteiger partial charge in [0.2, 0.25) is 0 Å². The summed E-state index contributed by atoms with van der Waals surface area (Å²) in [6.45, 7) is 2.53. The number of esters is 1. The Bertz CT molecular complexity index is 1040. The van der Waals surface area contributed by atoms with Crippen LogP contribution in [0, 0.1) is 0 Å². The van der Waals surface area contributed by atoms with Crippen LogP contribution < -0.4 is 19.8 Å². The Morgan fingerprint density at radius 3 is 2.67 bits per heavy atom. The molecule has 0 atom stereocenters. The van der Waals surface area contributed by atoms with Gasteiger partial charge in [0.25, 0.3) is 0 Å². The van der Waals surface area contributed by atoms with Gasteiger partial charge in [0, 0.05) is 17.5 Å². The summed E-state index contributed by atoms with van der Waals surface area (Å²) in [4.78, 5) is 23.9. The summed E-state index contributed by atoms with van der Waals surface area (Å²) < 4.78 is 22.1. The van der Waals surface area contributed by atoms with Crippen LogP contribution in [0.25, 0.3) is 11.0 Å². The van der Waals surface area contributed by atoms with Crippen molar-refractivity contribution in [2.75, 3.05) is 13.7 Å². The van der Waals surface area contributed by atoms with E-state index in [2.05, 4.69) is 15.9 Å². The molecule has 0 saturated carbocycles. The number of ether oxygens (including phenoxy) is 3. The molecule has 140 valence electrons. The highest BCUT2D eigenvalue weighted by molar-refractivity contribution is 9.10. The number of carbonyl (C=O) groups is 1. The minimum absolute atomic E-state index is 0.267. The Kier molecular flexibility index (Phi) is 5.81. The van der Waals surface area contributed by atoms with Gasteiger partial charge in [-0.15, -0.1) is 0 Å². The third-order valence-electron chi connectivity index (χ3n) is 3.72. The molecule has 27 heavy (non-hydrogen) atoms. The minimum atomic E-state index is -0.575. The lowest BCUT2D eigenvalue weighted by Gasteiger charge is -2.13. The Morgan fingerprint density at radius 2 is 1.93 bits per heavy atom.